The van der Waals surface area contributed by atoms with Gasteiger partial charge in [0.2, 0.25) is 0 Å². The SMILES string of the molecule is CCNC1CC(C)CC(C)C1CN(C)C1CCC(C)CC1. The van der Waals surface area contributed by atoms with Gasteiger partial charge in [0.25, 0.3) is 0 Å². The van der Waals surface area contributed by atoms with Crippen LogP contribution in [0.5, 0.6) is 0 Å². The Morgan fingerprint density at radius 2 is 1.62 bits per heavy atom. The average molecular weight is 295 g/mol. The molecule has 0 aromatic heterocycles. The van der Waals surface area contributed by atoms with E-state index in [9.17, 15) is 0 Å². The molecule has 2 aliphatic carbocycles. The van der Waals surface area contributed by atoms with Gasteiger partial charge < -0.3 is 10.2 Å². The highest BCUT2D eigenvalue weighted by molar-refractivity contribution is 4.90. The van der Waals surface area contributed by atoms with E-state index >= 15 is 0 Å². The molecule has 0 aliphatic heterocycles. The second-order valence-corrected chi connectivity index (χ2v) is 8.24. The Labute approximate surface area is 133 Å². The minimum Gasteiger partial charge on any atom is -0.314 e. The number of hydrogen-bond donors (Lipinski definition) is 1. The van der Waals surface area contributed by atoms with Crippen LogP contribution in [0.25, 0.3) is 0 Å². The molecular weight excluding hydrogens is 256 g/mol. The summed E-state index contributed by atoms with van der Waals surface area (Å²) in [6.07, 6.45) is 8.49. The molecule has 0 aromatic carbocycles. The first kappa shape index (κ1) is 17.3. The van der Waals surface area contributed by atoms with Crippen LogP contribution in [0.4, 0.5) is 0 Å². The zero-order valence-electron chi connectivity index (χ0n) is 15.1. The van der Waals surface area contributed by atoms with E-state index in [0.29, 0.717) is 0 Å². The molecule has 4 atom stereocenters. The van der Waals surface area contributed by atoms with E-state index < -0.39 is 0 Å². The number of rotatable bonds is 5. The largest absolute Gasteiger partial charge is 0.314 e. The van der Waals surface area contributed by atoms with Crippen LogP contribution in [0.1, 0.15) is 66.2 Å². The van der Waals surface area contributed by atoms with Crippen molar-refractivity contribution in [3.05, 3.63) is 0 Å². The average Bonchev–Trinajstić information content (AvgIpc) is 2.43. The summed E-state index contributed by atoms with van der Waals surface area (Å²) < 4.78 is 0. The van der Waals surface area contributed by atoms with Crippen LogP contribution in [-0.2, 0) is 0 Å². The van der Waals surface area contributed by atoms with Gasteiger partial charge in [0, 0.05) is 18.6 Å². The summed E-state index contributed by atoms with van der Waals surface area (Å²) in [6, 6.07) is 1.58. The van der Waals surface area contributed by atoms with Gasteiger partial charge in [-0.15, -0.1) is 0 Å². The van der Waals surface area contributed by atoms with Crippen molar-refractivity contribution in [2.24, 2.45) is 23.7 Å². The Morgan fingerprint density at radius 1 is 0.952 bits per heavy atom. The van der Waals surface area contributed by atoms with Gasteiger partial charge in [0.05, 0.1) is 0 Å². The van der Waals surface area contributed by atoms with Crippen molar-refractivity contribution >= 4 is 0 Å². The van der Waals surface area contributed by atoms with E-state index in [2.05, 4.69) is 45.0 Å². The molecule has 0 saturated heterocycles. The lowest BCUT2D eigenvalue weighted by Crippen LogP contribution is -2.50. The van der Waals surface area contributed by atoms with Crippen LogP contribution in [0.3, 0.4) is 0 Å². The van der Waals surface area contributed by atoms with E-state index in [1.165, 1.54) is 45.1 Å². The molecule has 0 bridgehead atoms. The van der Waals surface area contributed by atoms with Crippen molar-refractivity contribution in [2.45, 2.75) is 78.3 Å². The molecule has 2 nitrogen and oxygen atoms in total. The van der Waals surface area contributed by atoms with Crippen molar-refractivity contribution in [1.82, 2.24) is 10.2 Å². The van der Waals surface area contributed by atoms with Gasteiger partial charge in [-0.3, -0.25) is 0 Å². The van der Waals surface area contributed by atoms with Gasteiger partial charge in [-0.2, -0.15) is 0 Å². The molecule has 2 aliphatic rings. The van der Waals surface area contributed by atoms with Gasteiger partial charge in [-0.1, -0.05) is 27.7 Å². The Balaban J connectivity index is 1.91. The molecule has 0 aromatic rings. The molecule has 4 unspecified atom stereocenters. The van der Waals surface area contributed by atoms with Crippen LogP contribution in [0.2, 0.25) is 0 Å². The summed E-state index contributed by atoms with van der Waals surface area (Å²) in [7, 11) is 2.38. The molecule has 0 heterocycles. The number of nitrogens with one attached hydrogen (secondary N) is 1. The highest BCUT2D eigenvalue weighted by Gasteiger charge is 2.35. The minimum atomic E-state index is 0.735. The number of hydrogen-bond acceptors (Lipinski definition) is 2. The molecule has 0 radical (unpaired) electrons. The first-order valence-corrected chi connectivity index (χ1v) is 9.44. The second-order valence-electron chi connectivity index (χ2n) is 8.24. The lowest BCUT2D eigenvalue weighted by atomic mass is 9.72. The Hall–Kier alpha value is -0.0800. The fourth-order valence-electron chi connectivity index (χ4n) is 4.88. The van der Waals surface area contributed by atoms with E-state index in [1.54, 1.807) is 0 Å². The molecule has 2 heteroatoms. The Morgan fingerprint density at radius 3 is 2.24 bits per heavy atom. The summed E-state index contributed by atoms with van der Waals surface area (Å²) in [4.78, 5) is 2.70. The molecule has 2 fully saturated rings. The van der Waals surface area contributed by atoms with E-state index in [1.807, 2.05) is 0 Å². The van der Waals surface area contributed by atoms with Crippen LogP contribution >= 0.6 is 0 Å². The second kappa shape index (κ2) is 7.97. The highest BCUT2D eigenvalue weighted by atomic mass is 15.1. The molecule has 1 N–H and O–H groups in total. The monoisotopic (exact) mass is 294 g/mol. The topological polar surface area (TPSA) is 15.3 Å². The number of nitrogens with zero attached hydrogens (tertiary/aromatic N) is 1. The smallest absolute Gasteiger partial charge is 0.0112 e. The predicted octanol–water partition coefficient (Wildman–Crippen LogP) is 4.16. The molecule has 0 amide bonds. The predicted molar refractivity (Wildman–Crippen MR) is 92.6 cm³/mol. The normalized spacial score (nSPS) is 41.4. The Kier molecular flexibility index (Phi) is 6.55. The summed E-state index contributed by atoms with van der Waals surface area (Å²) in [6.45, 7) is 12.0. The lowest BCUT2D eigenvalue weighted by molar-refractivity contribution is 0.0797. The van der Waals surface area contributed by atoms with E-state index in [0.717, 1.165) is 42.3 Å². The molecule has 21 heavy (non-hydrogen) atoms. The quantitative estimate of drug-likeness (QED) is 0.819. The van der Waals surface area contributed by atoms with E-state index in [-0.39, 0.29) is 0 Å². The minimum absolute atomic E-state index is 0.735. The summed E-state index contributed by atoms with van der Waals surface area (Å²) >= 11 is 0. The van der Waals surface area contributed by atoms with Crippen LogP contribution in [0, 0.1) is 23.7 Å². The molecule has 2 saturated carbocycles. The van der Waals surface area contributed by atoms with Crippen molar-refractivity contribution in [1.29, 1.82) is 0 Å². The van der Waals surface area contributed by atoms with Crippen LogP contribution in [0.15, 0.2) is 0 Å². The van der Waals surface area contributed by atoms with Crippen molar-refractivity contribution in [3.63, 3.8) is 0 Å². The van der Waals surface area contributed by atoms with Crippen molar-refractivity contribution < 1.29 is 0 Å². The molecule has 0 spiro atoms. The maximum Gasteiger partial charge on any atom is 0.0112 e. The molecule has 124 valence electrons. The molecule has 2 rings (SSSR count). The maximum atomic E-state index is 3.78. The van der Waals surface area contributed by atoms with Crippen molar-refractivity contribution in [2.75, 3.05) is 20.1 Å². The Bertz CT molecular complexity index is 296. The zero-order chi connectivity index (χ0) is 15.4. The third-order valence-electron chi connectivity index (χ3n) is 6.25. The van der Waals surface area contributed by atoms with Gasteiger partial charge >= 0.3 is 0 Å². The van der Waals surface area contributed by atoms with Crippen molar-refractivity contribution in [3.8, 4) is 0 Å². The van der Waals surface area contributed by atoms with Gasteiger partial charge in [-0.05, 0) is 75.8 Å². The highest BCUT2D eigenvalue weighted by Crippen LogP contribution is 2.35. The fraction of sp³-hybridized carbons (Fsp3) is 1.00. The van der Waals surface area contributed by atoms with Gasteiger partial charge in [0.15, 0.2) is 0 Å². The van der Waals surface area contributed by atoms with Crippen LogP contribution < -0.4 is 5.32 Å². The van der Waals surface area contributed by atoms with E-state index in [4.69, 9.17) is 0 Å². The molecular formula is C19H38N2. The third kappa shape index (κ3) is 4.69. The third-order valence-corrected chi connectivity index (χ3v) is 6.25. The van der Waals surface area contributed by atoms with Gasteiger partial charge in [0.1, 0.15) is 0 Å². The summed E-state index contributed by atoms with van der Waals surface area (Å²) in [5.74, 6) is 3.55. The van der Waals surface area contributed by atoms with Gasteiger partial charge in [-0.25, -0.2) is 0 Å². The standard InChI is InChI=1S/C19H38N2/c1-6-20-19-12-15(3)11-16(4)18(19)13-21(5)17-9-7-14(2)8-10-17/h14-20H,6-13H2,1-5H3. The maximum absolute atomic E-state index is 3.78. The first-order chi connectivity index (χ1) is 10.0. The van der Waals surface area contributed by atoms with Crippen LogP contribution in [-0.4, -0.2) is 37.1 Å². The summed E-state index contributed by atoms with van der Waals surface area (Å²) in [5.41, 5.74) is 0. The fourth-order valence-corrected chi connectivity index (χ4v) is 4.88. The zero-order valence-corrected chi connectivity index (χ0v) is 15.1. The lowest BCUT2D eigenvalue weighted by Gasteiger charge is -2.44. The summed E-state index contributed by atoms with van der Waals surface area (Å²) in [5, 5.41) is 3.78. The first-order valence-electron chi connectivity index (χ1n) is 9.44.